The van der Waals surface area contributed by atoms with E-state index in [-0.39, 0.29) is 11.4 Å². The Kier molecular flexibility index (Phi) is 6.44. The fourth-order valence-corrected chi connectivity index (χ4v) is 4.19. The average molecular weight is 441 g/mol. The molecule has 0 radical (unpaired) electrons. The molecule has 0 aliphatic carbocycles. The first kappa shape index (κ1) is 20.4. The maximum Gasteiger partial charge on any atom is 0.243 e. The fourth-order valence-electron chi connectivity index (χ4n) is 2.39. The topological polar surface area (TPSA) is 75.7 Å². The van der Waals surface area contributed by atoms with E-state index < -0.39 is 15.9 Å². The maximum absolute atomic E-state index is 12.7. The molecular formula is C18H21BrN2O4S. The molecule has 0 bridgehead atoms. The Morgan fingerprint density at radius 2 is 1.88 bits per heavy atom. The second kappa shape index (κ2) is 8.20. The molecule has 140 valence electrons. The summed E-state index contributed by atoms with van der Waals surface area (Å²) in [6.07, 6.45) is 0. The van der Waals surface area contributed by atoms with Gasteiger partial charge in [0.2, 0.25) is 15.9 Å². The van der Waals surface area contributed by atoms with Crippen LogP contribution < -0.4 is 10.1 Å². The number of carbonyl (C=O) groups excluding carboxylic acids is 1. The summed E-state index contributed by atoms with van der Waals surface area (Å²) in [5.41, 5.74) is 2.34. The van der Waals surface area contributed by atoms with E-state index in [1.165, 1.54) is 26.3 Å². The van der Waals surface area contributed by atoms with Crippen LogP contribution in [-0.2, 0) is 14.8 Å². The standard InChI is InChI=1S/C18H21BrN2O4S/c1-12-5-7-16(15(19)9-12)20-18(22)11-21(3)26(23,24)14-6-8-17(25-4)13(2)10-14/h5-10H,11H2,1-4H3,(H,20,22). The third-order valence-electron chi connectivity index (χ3n) is 3.84. The lowest BCUT2D eigenvalue weighted by Crippen LogP contribution is -2.35. The smallest absolute Gasteiger partial charge is 0.243 e. The lowest BCUT2D eigenvalue weighted by atomic mass is 10.2. The SMILES string of the molecule is COc1ccc(S(=O)(=O)N(C)CC(=O)Nc2ccc(C)cc2Br)cc1C. The van der Waals surface area contributed by atoms with Crippen LogP contribution in [0.1, 0.15) is 11.1 Å². The van der Waals surface area contributed by atoms with Crippen LogP contribution in [-0.4, -0.2) is 39.3 Å². The number of anilines is 1. The molecule has 0 saturated heterocycles. The summed E-state index contributed by atoms with van der Waals surface area (Å²) in [6, 6.07) is 10.1. The van der Waals surface area contributed by atoms with Crippen molar-refractivity contribution in [2.45, 2.75) is 18.7 Å². The summed E-state index contributed by atoms with van der Waals surface area (Å²) < 4.78 is 32.3. The fraction of sp³-hybridized carbons (Fsp3) is 0.278. The Hall–Kier alpha value is -1.90. The van der Waals surface area contributed by atoms with Gasteiger partial charge in [-0.1, -0.05) is 6.07 Å². The van der Waals surface area contributed by atoms with Gasteiger partial charge in [0.05, 0.1) is 24.2 Å². The van der Waals surface area contributed by atoms with E-state index in [1.807, 2.05) is 19.1 Å². The van der Waals surface area contributed by atoms with E-state index in [2.05, 4.69) is 21.2 Å². The van der Waals surface area contributed by atoms with Gasteiger partial charge >= 0.3 is 0 Å². The molecule has 2 rings (SSSR count). The van der Waals surface area contributed by atoms with Crippen molar-refractivity contribution in [1.29, 1.82) is 0 Å². The van der Waals surface area contributed by atoms with E-state index >= 15 is 0 Å². The molecule has 0 aromatic heterocycles. The number of rotatable bonds is 6. The van der Waals surface area contributed by atoms with Crippen LogP contribution in [0.4, 0.5) is 5.69 Å². The molecule has 0 aliphatic heterocycles. The number of nitrogens with zero attached hydrogens (tertiary/aromatic N) is 1. The number of sulfonamides is 1. The second-order valence-electron chi connectivity index (χ2n) is 5.92. The maximum atomic E-state index is 12.7. The zero-order valence-corrected chi connectivity index (χ0v) is 17.4. The minimum atomic E-state index is -3.79. The number of likely N-dealkylation sites (N-methyl/N-ethyl adjacent to an activating group) is 1. The number of aryl methyl sites for hydroxylation is 2. The summed E-state index contributed by atoms with van der Waals surface area (Å²) in [5.74, 6) is 0.180. The third kappa shape index (κ3) is 4.63. The van der Waals surface area contributed by atoms with Crippen molar-refractivity contribution in [3.05, 3.63) is 52.0 Å². The van der Waals surface area contributed by atoms with Gasteiger partial charge < -0.3 is 10.1 Å². The number of methoxy groups -OCH3 is 1. The van der Waals surface area contributed by atoms with Crippen LogP contribution in [0.5, 0.6) is 5.75 Å². The number of benzene rings is 2. The van der Waals surface area contributed by atoms with Crippen molar-refractivity contribution in [2.24, 2.45) is 0 Å². The summed E-state index contributed by atoms with van der Waals surface area (Å²) in [4.78, 5) is 12.4. The number of halogens is 1. The molecule has 0 aliphatic rings. The van der Waals surface area contributed by atoms with Gasteiger partial charge in [0.15, 0.2) is 0 Å². The number of nitrogens with one attached hydrogen (secondary N) is 1. The van der Waals surface area contributed by atoms with Crippen LogP contribution >= 0.6 is 15.9 Å². The van der Waals surface area contributed by atoms with Crippen molar-refractivity contribution in [3.8, 4) is 5.75 Å². The molecule has 0 atom stereocenters. The molecule has 0 unspecified atom stereocenters. The van der Waals surface area contributed by atoms with Gasteiger partial charge in [0.25, 0.3) is 0 Å². The molecule has 2 aromatic rings. The Bertz CT molecular complexity index is 929. The quantitative estimate of drug-likeness (QED) is 0.746. The molecule has 0 spiro atoms. The Labute approximate surface area is 162 Å². The van der Waals surface area contributed by atoms with Crippen molar-refractivity contribution >= 4 is 37.5 Å². The Balaban J connectivity index is 2.13. The van der Waals surface area contributed by atoms with Crippen molar-refractivity contribution in [3.63, 3.8) is 0 Å². The highest BCUT2D eigenvalue weighted by atomic mass is 79.9. The van der Waals surface area contributed by atoms with Gasteiger partial charge in [-0.05, 0) is 71.2 Å². The summed E-state index contributed by atoms with van der Waals surface area (Å²) in [6.45, 7) is 3.40. The van der Waals surface area contributed by atoms with Gasteiger partial charge in [0, 0.05) is 11.5 Å². The number of hydrogen-bond donors (Lipinski definition) is 1. The van der Waals surface area contributed by atoms with E-state index in [9.17, 15) is 13.2 Å². The van der Waals surface area contributed by atoms with Gasteiger partial charge in [0.1, 0.15) is 5.75 Å². The minimum Gasteiger partial charge on any atom is -0.496 e. The van der Waals surface area contributed by atoms with Crippen molar-refractivity contribution in [1.82, 2.24) is 4.31 Å². The lowest BCUT2D eigenvalue weighted by Gasteiger charge is -2.18. The highest BCUT2D eigenvalue weighted by Gasteiger charge is 2.24. The predicted molar refractivity (Wildman–Crippen MR) is 105 cm³/mol. The monoisotopic (exact) mass is 440 g/mol. The number of carbonyl (C=O) groups is 1. The molecule has 0 heterocycles. The zero-order valence-electron chi connectivity index (χ0n) is 15.0. The van der Waals surface area contributed by atoms with Gasteiger partial charge in [-0.3, -0.25) is 4.79 Å². The van der Waals surface area contributed by atoms with Crippen molar-refractivity contribution in [2.75, 3.05) is 26.0 Å². The zero-order chi connectivity index (χ0) is 19.5. The largest absolute Gasteiger partial charge is 0.496 e. The van der Waals surface area contributed by atoms with E-state index in [0.29, 0.717) is 17.0 Å². The molecule has 1 N–H and O–H groups in total. The van der Waals surface area contributed by atoms with Crippen LogP contribution in [0.25, 0.3) is 0 Å². The highest BCUT2D eigenvalue weighted by molar-refractivity contribution is 9.10. The summed E-state index contributed by atoms with van der Waals surface area (Å²) in [5, 5.41) is 2.71. The van der Waals surface area contributed by atoms with E-state index in [0.717, 1.165) is 14.3 Å². The van der Waals surface area contributed by atoms with Crippen LogP contribution in [0.2, 0.25) is 0 Å². The van der Waals surface area contributed by atoms with Crippen molar-refractivity contribution < 1.29 is 17.9 Å². The predicted octanol–water partition coefficient (Wildman–Crippen LogP) is 3.33. The van der Waals surface area contributed by atoms with Gasteiger partial charge in [-0.2, -0.15) is 4.31 Å². The van der Waals surface area contributed by atoms with Crippen LogP contribution in [0.3, 0.4) is 0 Å². The Morgan fingerprint density at radius 1 is 1.19 bits per heavy atom. The molecule has 2 aromatic carbocycles. The van der Waals surface area contributed by atoms with Crippen LogP contribution in [0.15, 0.2) is 45.8 Å². The number of amides is 1. The van der Waals surface area contributed by atoms with E-state index in [1.54, 1.807) is 19.1 Å². The molecule has 26 heavy (non-hydrogen) atoms. The first-order chi connectivity index (χ1) is 12.1. The van der Waals surface area contributed by atoms with Gasteiger partial charge in [-0.25, -0.2) is 8.42 Å². The molecule has 6 nitrogen and oxygen atoms in total. The molecule has 1 amide bonds. The molecule has 0 fully saturated rings. The first-order valence-corrected chi connectivity index (χ1v) is 10.1. The first-order valence-electron chi connectivity index (χ1n) is 7.82. The molecule has 0 saturated carbocycles. The highest BCUT2D eigenvalue weighted by Crippen LogP contribution is 2.25. The van der Waals surface area contributed by atoms with E-state index in [4.69, 9.17) is 4.74 Å². The summed E-state index contributed by atoms with van der Waals surface area (Å²) in [7, 11) is -0.888. The van der Waals surface area contributed by atoms with Gasteiger partial charge in [-0.15, -0.1) is 0 Å². The van der Waals surface area contributed by atoms with Crippen LogP contribution in [0, 0.1) is 13.8 Å². The third-order valence-corrected chi connectivity index (χ3v) is 6.29. The average Bonchev–Trinajstić information content (AvgIpc) is 2.57. The molecular weight excluding hydrogens is 420 g/mol. The minimum absolute atomic E-state index is 0.114. The lowest BCUT2D eigenvalue weighted by molar-refractivity contribution is -0.116. The Morgan fingerprint density at radius 3 is 2.46 bits per heavy atom. The molecule has 8 heteroatoms. The number of hydrogen-bond acceptors (Lipinski definition) is 4. The summed E-state index contributed by atoms with van der Waals surface area (Å²) >= 11 is 3.38. The normalized spacial score (nSPS) is 11.5. The second-order valence-corrected chi connectivity index (χ2v) is 8.82. The number of ether oxygens (including phenoxy) is 1.